The van der Waals surface area contributed by atoms with Gasteiger partial charge in [0.15, 0.2) is 0 Å². The van der Waals surface area contributed by atoms with Gasteiger partial charge < -0.3 is 5.11 Å². The minimum atomic E-state index is -0.876. The maximum atomic E-state index is 11.1. The van der Waals surface area contributed by atoms with E-state index >= 15 is 0 Å². The van der Waals surface area contributed by atoms with Crippen molar-refractivity contribution in [1.29, 1.82) is 0 Å². The van der Waals surface area contributed by atoms with Crippen molar-refractivity contribution in [3.63, 3.8) is 0 Å². The summed E-state index contributed by atoms with van der Waals surface area (Å²) in [7, 11) is 0. The topological polar surface area (TPSA) is 58.4 Å². The van der Waals surface area contributed by atoms with Gasteiger partial charge in [0.2, 0.25) is 0 Å². The van der Waals surface area contributed by atoms with E-state index in [1.165, 1.54) is 4.90 Å². The quantitative estimate of drug-likeness (QED) is 0.788. The number of hydrogen-bond acceptors (Lipinski definition) is 2. The monoisotopic (exact) mass is 273 g/mol. The number of aromatic nitrogens is 2. The number of fused-ring (bicyclic) bond motifs is 1. The predicted molar refractivity (Wildman–Crippen MR) is 57.7 cm³/mol. The van der Waals surface area contributed by atoms with Gasteiger partial charge in [0.1, 0.15) is 4.60 Å². The van der Waals surface area contributed by atoms with Crippen LogP contribution >= 0.6 is 15.9 Å². The smallest absolute Gasteiger partial charge is 0.408 e. The van der Waals surface area contributed by atoms with Crippen molar-refractivity contribution in [3.05, 3.63) is 16.4 Å². The normalized spacial score (nSPS) is 25.1. The number of carbonyl (C=O) groups is 1. The maximum absolute atomic E-state index is 11.1. The van der Waals surface area contributed by atoms with E-state index in [1.807, 2.05) is 24.6 Å². The second-order valence-electron chi connectivity index (χ2n) is 3.79. The number of halogens is 1. The molecule has 1 amide bonds. The molecule has 0 bridgehead atoms. The van der Waals surface area contributed by atoms with Gasteiger partial charge in [-0.05, 0) is 35.8 Å². The van der Waals surface area contributed by atoms with Crippen LogP contribution in [0.25, 0.3) is 0 Å². The first kappa shape index (κ1) is 10.5. The Bertz CT molecular complexity index is 404. The first-order chi connectivity index (χ1) is 7.00. The molecule has 15 heavy (non-hydrogen) atoms. The third kappa shape index (κ3) is 1.62. The van der Waals surface area contributed by atoms with Crippen LogP contribution in [0.1, 0.15) is 25.6 Å². The molecule has 0 radical (unpaired) electrons. The molecular weight excluding hydrogens is 262 g/mol. The lowest BCUT2D eigenvalue weighted by molar-refractivity contribution is 0.0835. The third-order valence-electron chi connectivity index (χ3n) is 2.76. The van der Waals surface area contributed by atoms with Crippen molar-refractivity contribution in [1.82, 2.24) is 14.7 Å². The fraction of sp³-hybridized carbons (Fsp3) is 0.556. The summed E-state index contributed by atoms with van der Waals surface area (Å²) in [6, 6.07) is 1.67. The van der Waals surface area contributed by atoms with Crippen molar-refractivity contribution in [2.24, 2.45) is 0 Å². The Morgan fingerprint density at radius 1 is 1.67 bits per heavy atom. The van der Waals surface area contributed by atoms with E-state index in [9.17, 15) is 4.79 Å². The molecule has 0 saturated heterocycles. The Balaban J connectivity index is 2.42. The third-order valence-corrected chi connectivity index (χ3v) is 3.15. The van der Waals surface area contributed by atoms with Crippen LogP contribution in [0, 0.1) is 0 Å². The average molecular weight is 274 g/mol. The number of carboxylic acid groups (broad SMARTS) is 1. The van der Waals surface area contributed by atoms with Gasteiger partial charge in [-0.1, -0.05) is 0 Å². The SMILES string of the molecule is C[C@@H]1Cn2nc(Br)cc2[C@H](C)N1C(=O)O. The van der Waals surface area contributed by atoms with Gasteiger partial charge >= 0.3 is 6.09 Å². The van der Waals surface area contributed by atoms with Gasteiger partial charge in [-0.3, -0.25) is 9.58 Å². The molecule has 2 rings (SSSR count). The second-order valence-corrected chi connectivity index (χ2v) is 4.60. The summed E-state index contributed by atoms with van der Waals surface area (Å²) in [4.78, 5) is 12.5. The van der Waals surface area contributed by atoms with Crippen molar-refractivity contribution in [2.45, 2.75) is 32.5 Å². The van der Waals surface area contributed by atoms with Crippen LogP contribution in [-0.2, 0) is 6.54 Å². The van der Waals surface area contributed by atoms with Gasteiger partial charge in [-0.15, -0.1) is 0 Å². The summed E-state index contributed by atoms with van der Waals surface area (Å²) in [5, 5.41) is 13.4. The number of hydrogen-bond donors (Lipinski definition) is 1. The van der Waals surface area contributed by atoms with Crippen molar-refractivity contribution < 1.29 is 9.90 Å². The molecule has 1 aromatic heterocycles. The molecule has 0 saturated carbocycles. The van der Waals surface area contributed by atoms with Crippen LogP contribution in [0.2, 0.25) is 0 Å². The zero-order chi connectivity index (χ0) is 11.2. The molecule has 1 N–H and O–H groups in total. The fourth-order valence-electron chi connectivity index (χ4n) is 2.10. The second kappa shape index (κ2) is 3.52. The van der Waals surface area contributed by atoms with Crippen molar-refractivity contribution in [2.75, 3.05) is 0 Å². The van der Waals surface area contributed by atoms with Gasteiger partial charge in [0.05, 0.1) is 24.3 Å². The van der Waals surface area contributed by atoms with Crippen LogP contribution < -0.4 is 0 Å². The Morgan fingerprint density at radius 2 is 2.33 bits per heavy atom. The lowest BCUT2D eigenvalue weighted by Gasteiger charge is -2.37. The highest BCUT2D eigenvalue weighted by Gasteiger charge is 2.33. The highest BCUT2D eigenvalue weighted by Crippen LogP contribution is 2.29. The first-order valence-corrected chi connectivity index (χ1v) is 5.54. The van der Waals surface area contributed by atoms with Crippen LogP contribution in [0.4, 0.5) is 4.79 Å². The maximum Gasteiger partial charge on any atom is 0.408 e. The Kier molecular flexibility index (Phi) is 2.46. The molecule has 6 heteroatoms. The lowest BCUT2D eigenvalue weighted by atomic mass is 10.1. The fourth-order valence-corrected chi connectivity index (χ4v) is 2.52. The number of amides is 1. The van der Waals surface area contributed by atoms with E-state index in [0.717, 1.165) is 10.3 Å². The molecule has 2 heterocycles. The molecule has 0 aromatic carbocycles. The molecule has 0 aliphatic carbocycles. The zero-order valence-corrected chi connectivity index (χ0v) is 10.1. The summed E-state index contributed by atoms with van der Waals surface area (Å²) in [6.45, 7) is 4.38. The van der Waals surface area contributed by atoms with E-state index in [4.69, 9.17) is 5.11 Å². The molecular formula is C9H12BrN3O2. The van der Waals surface area contributed by atoms with E-state index < -0.39 is 6.09 Å². The first-order valence-electron chi connectivity index (χ1n) is 4.75. The van der Waals surface area contributed by atoms with Crippen LogP contribution in [0.3, 0.4) is 0 Å². The van der Waals surface area contributed by atoms with E-state index in [1.54, 1.807) is 0 Å². The Labute approximate surface area is 95.8 Å². The van der Waals surface area contributed by atoms with Gasteiger partial charge in [-0.25, -0.2) is 4.79 Å². The van der Waals surface area contributed by atoms with E-state index in [0.29, 0.717) is 6.54 Å². The van der Waals surface area contributed by atoms with Crippen molar-refractivity contribution in [3.8, 4) is 0 Å². The number of rotatable bonds is 0. The Morgan fingerprint density at radius 3 is 2.93 bits per heavy atom. The highest BCUT2D eigenvalue weighted by atomic mass is 79.9. The zero-order valence-electron chi connectivity index (χ0n) is 8.51. The molecule has 0 fully saturated rings. The molecule has 0 unspecified atom stereocenters. The minimum Gasteiger partial charge on any atom is -0.465 e. The largest absolute Gasteiger partial charge is 0.465 e. The molecule has 5 nitrogen and oxygen atoms in total. The minimum absolute atomic E-state index is 0.0446. The highest BCUT2D eigenvalue weighted by molar-refractivity contribution is 9.10. The van der Waals surface area contributed by atoms with Gasteiger partial charge in [0.25, 0.3) is 0 Å². The predicted octanol–water partition coefficient (Wildman–Crippen LogP) is 2.09. The summed E-state index contributed by atoms with van der Waals surface area (Å²) in [6.07, 6.45) is -0.876. The molecule has 0 spiro atoms. The average Bonchev–Trinajstić information content (AvgIpc) is 2.45. The van der Waals surface area contributed by atoms with Gasteiger partial charge in [0, 0.05) is 0 Å². The van der Waals surface area contributed by atoms with Gasteiger partial charge in [-0.2, -0.15) is 5.10 Å². The number of nitrogens with zero attached hydrogens (tertiary/aromatic N) is 3. The van der Waals surface area contributed by atoms with E-state index in [2.05, 4.69) is 21.0 Å². The summed E-state index contributed by atoms with van der Waals surface area (Å²) < 4.78 is 2.61. The molecule has 1 aromatic rings. The molecule has 1 aliphatic heterocycles. The summed E-state index contributed by atoms with van der Waals surface area (Å²) in [5.74, 6) is 0. The Hall–Kier alpha value is -1.04. The molecule has 1 aliphatic rings. The van der Waals surface area contributed by atoms with Crippen molar-refractivity contribution >= 4 is 22.0 Å². The van der Waals surface area contributed by atoms with Crippen LogP contribution in [0.5, 0.6) is 0 Å². The summed E-state index contributed by atoms with van der Waals surface area (Å²) in [5.41, 5.74) is 0.933. The lowest BCUT2D eigenvalue weighted by Crippen LogP contribution is -2.46. The van der Waals surface area contributed by atoms with E-state index in [-0.39, 0.29) is 12.1 Å². The molecule has 2 atom stereocenters. The summed E-state index contributed by atoms with van der Waals surface area (Å²) >= 11 is 3.30. The molecule has 82 valence electrons. The standard InChI is InChI=1S/C9H12BrN3O2/c1-5-4-12-7(3-8(10)11-12)6(2)13(5)9(14)15/h3,5-6H,4H2,1-2H3,(H,14,15)/t5-,6+/m1/s1. The van der Waals surface area contributed by atoms with Crippen LogP contribution in [-0.4, -0.2) is 31.9 Å². The van der Waals surface area contributed by atoms with Crippen LogP contribution in [0.15, 0.2) is 10.7 Å².